The zero-order valence-corrected chi connectivity index (χ0v) is 14.7. The summed E-state index contributed by atoms with van der Waals surface area (Å²) in [6, 6.07) is 3.94. The Bertz CT molecular complexity index is 726. The Morgan fingerprint density at radius 3 is 2.80 bits per heavy atom. The maximum atomic E-state index is 12.9. The zero-order valence-electron chi connectivity index (χ0n) is 14.7. The first-order valence-corrected chi connectivity index (χ1v) is 9.31. The molecule has 0 saturated heterocycles. The van der Waals surface area contributed by atoms with Crippen LogP contribution in [-0.2, 0) is 12.6 Å². The van der Waals surface area contributed by atoms with Crippen LogP contribution in [0.15, 0.2) is 36.5 Å². The number of rotatable bonds is 6. The molecule has 136 valence electrons. The molecule has 3 rings (SSSR count). The Hall–Kier alpha value is -1.71. The van der Waals surface area contributed by atoms with Gasteiger partial charge in [0.2, 0.25) is 0 Å². The van der Waals surface area contributed by atoms with Crippen molar-refractivity contribution in [2.45, 2.75) is 58.0 Å². The number of hydrogen-bond acceptors (Lipinski definition) is 0. The highest BCUT2D eigenvalue weighted by Gasteiger charge is 2.30. The van der Waals surface area contributed by atoms with Gasteiger partial charge in [0.25, 0.3) is 0 Å². The number of H-pyrrole nitrogens is 1. The third kappa shape index (κ3) is 4.47. The van der Waals surface area contributed by atoms with E-state index in [4.69, 9.17) is 0 Å². The molecule has 0 fully saturated rings. The second kappa shape index (κ2) is 7.67. The maximum absolute atomic E-state index is 12.9. The summed E-state index contributed by atoms with van der Waals surface area (Å²) in [7, 11) is 0. The van der Waals surface area contributed by atoms with Crippen molar-refractivity contribution in [3.8, 4) is 0 Å². The molecule has 4 heteroatoms. The Labute approximate surface area is 147 Å². The monoisotopic (exact) mass is 349 g/mol. The van der Waals surface area contributed by atoms with Gasteiger partial charge in [0.1, 0.15) is 0 Å². The fourth-order valence-electron chi connectivity index (χ4n) is 3.90. The number of nitrogens with one attached hydrogen (secondary N) is 1. The molecule has 2 atom stereocenters. The average Bonchev–Trinajstić information content (AvgIpc) is 3.00. The molecule has 0 bridgehead atoms. The van der Waals surface area contributed by atoms with Crippen molar-refractivity contribution in [1.29, 1.82) is 0 Å². The van der Waals surface area contributed by atoms with E-state index in [9.17, 15) is 13.2 Å². The van der Waals surface area contributed by atoms with Gasteiger partial charge in [0.15, 0.2) is 0 Å². The molecule has 0 amide bonds. The van der Waals surface area contributed by atoms with Gasteiger partial charge in [-0.15, -0.1) is 0 Å². The van der Waals surface area contributed by atoms with Crippen LogP contribution in [0, 0.1) is 11.8 Å². The molecule has 2 aromatic rings. The molecule has 1 nitrogen and oxygen atoms in total. The van der Waals surface area contributed by atoms with Crippen LogP contribution in [0.4, 0.5) is 13.2 Å². The number of aromatic amines is 1. The summed E-state index contributed by atoms with van der Waals surface area (Å²) in [5, 5.41) is 0.707. The molecule has 1 aliphatic carbocycles. The van der Waals surface area contributed by atoms with E-state index in [1.54, 1.807) is 0 Å². The van der Waals surface area contributed by atoms with Gasteiger partial charge in [-0.2, -0.15) is 13.2 Å². The van der Waals surface area contributed by atoms with E-state index in [1.807, 2.05) is 6.20 Å². The van der Waals surface area contributed by atoms with Gasteiger partial charge in [-0.1, -0.05) is 31.9 Å². The molecule has 1 aromatic carbocycles. The minimum Gasteiger partial charge on any atom is -0.361 e. The van der Waals surface area contributed by atoms with Crippen LogP contribution >= 0.6 is 0 Å². The molecular formula is C21H26F3N. The van der Waals surface area contributed by atoms with Crippen molar-refractivity contribution >= 4 is 10.9 Å². The van der Waals surface area contributed by atoms with E-state index >= 15 is 0 Å². The SMILES string of the molecule is CCC1CC=CC(CCCCc2c[nH]c3ccc(C(F)(F)F)cc23)C1. The number of aryl methyl sites for hydroxylation is 1. The van der Waals surface area contributed by atoms with Gasteiger partial charge in [-0.25, -0.2) is 0 Å². The largest absolute Gasteiger partial charge is 0.416 e. The second-order valence-electron chi connectivity index (χ2n) is 7.25. The van der Waals surface area contributed by atoms with E-state index in [2.05, 4.69) is 24.1 Å². The summed E-state index contributed by atoms with van der Waals surface area (Å²) in [4.78, 5) is 3.09. The van der Waals surface area contributed by atoms with E-state index < -0.39 is 11.7 Å². The van der Waals surface area contributed by atoms with Crippen molar-refractivity contribution in [3.05, 3.63) is 47.7 Å². The fourth-order valence-corrected chi connectivity index (χ4v) is 3.90. The molecule has 0 spiro atoms. The first kappa shape index (κ1) is 18.1. The number of hydrogen-bond donors (Lipinski definition) is 1. The van der Waals surface area contributed by atoms with Crippen LogP contribution in [-0.4, -0.2) is 4.98 Å². The lowest BCUT2D eigenvalue weighted by Gasteiger charge is -2.23. The van der Waals surface area contributed by atoms with Crippen LogP contribution in [0.2, 0.25) is 0 Å². The first-order valence-electron chi connectivity index (χ1n) is 9.31. The molecule has 1 heterocycles. The van der Waals surface area contributed by atoms with Gasteiger partial charge in [-0.3, -0.25) is 0 Å². The van der Waals surface area contributed by atoms with Crippen LogP contribution in [0.1, 0.15) is 56.6 Å². The fraction of sp³-hybridized carbons (Fsp3) is 0.524. The number of halogens is 3. The minimum absolute atomic E-state index is 0.571. The number of benzene rings is 1. The summed E-state index contributed by atoms with van der Waals surface area (Å²) < 4.78 is 38.7. The van der Waals surface area contributed by atoms with E-state index in [0.717, 1.165) is 42.3 Å². The summed E-state index contributed by atoms with van der Waals surface area (Å²) in [6.07, 6.45) is 10.1. The van der Waals surface area contributed by atoms with Crippen molar-refractivity contribution in [2.24, 2.45) is 11.8 Å². The summed E-state index contributed by atoms with van der Waals surface area (Å²) >= 11 is 0. The van der Waals surface area contributed by atoms with Crippen molar-refractivity contribution in [1.82, 2.24) is 4.98 Å². The van der Waals surface area contributed by atoms with Gasteiger partial charge < -0.3 is 4.98 Å². The highest BCUT2D eigenvalue weighted by molar-refractivity contribution is 5.84. The number of unbranched alkanes of at least 4 members (excludes halogenated alkanes) is 1. The number of alkyl halides is 3. The normalized spacial score (nSPS) is 21.1. The summed E-state index contributed by atoms with van der Waals surface area (Å²) in [6.45, 7) is 2.26. The van der Waals surface area contributed by atoms with Crippen molar-refractivity contribution in [3.63, 3.8) is 0 Å². The molecule has 0 radical (unpaired) electrons. The summed E-state index contributed by atoms with van der Waals surface area (Å²) in [5.74, 6) is 1.50. The van der Waals surface area contributed by atoms with E-state index in [1.165, 1.54) is 37.8 Å². The number of allylic oxidation sites excluding steroid dienone is 2. The predicted octanol–water partition coefficient (Wildman–Crippen LogP) is 6.89. The Morgan fingerprint density at radius 1 is 1.20 bits per heavy atom. The van der Waals surface area contributed by atoms with Crippen LogP contribution in [0.25, 0.3) is 10.9 Å². The van der Waals surface area contributed by atoms with Gasteiger partial charge >= 0.3 is 6.18 Å². The minimum atomic E-state index is -4.29. The third-order valence-electron chi connectivity index (χ3n) is 5.46. The topological polar surface area (TPSA) is 15.8 Å². The molecular weight excluding hydrogens is 323 g/mol. The van der Waals surface area contributed by atoms with E-state index in [-0.39, 0.29) is 0 Å². The standard InChI is InChI=1S/C21H26F3N/c1-2-15-7-5-8-16(12-15)6-3-4-9-17-14-25-20-11-10-18(13-19(17)20)21(22,23)24/h5,8,10-11,13-16,25H,2-4,6-7,9,12H2,1H3. The quantitative estimate of drug-likeness (QED) is 0.431. The van der Waals surface area contributed by atoms with Crippen LogP contribution < -0.4 is 0 Å². The lowest BCUT2D eigenvalue weighted by atomic mass is 9.82. The second-order valence-corrected chi connectivity index (χ2v) is 7.25. The van der Waals surface area contributed by atoms with Gasteiger partial charge in [0.05, 0.1) is 5.56 Å². The molecule has 0 aliphatic heterocycles. The van der Waals surface area contributed by atoms with Crippen LogP contribution in [0.3, 0.4) is 0 Å². The molecule has 1 N–H and O–H groups in total. The highest BCUT2D eigenvalue weighted by Crippen LogP contribution is 2.33. The molecule has 1 aromatic heterocycles. The van der Waals surface area contributed by atoms with Gasteiger partial charge in [-0.05, 0) is 67.7 Å². The molecule has 1 aliphatic rings. The lowest BCUT2D eigenvalue weighted by Crippen LogP contribution is -2.10. The van der Waals surface area contributed by atoms with Crippen molar-refractivity contribution in [2.75, 3.05) is 0 Å². The Balaban J connectivity index is 1.56. The van der Waals surface area contributed by atoms with E-state index in [0.29, 0.717) is 11.3 Å². The Kier molecular flexibility index (Phi) is 5.55. The third-order valence-corrected chi connectivity index (χ3v) is 5.46. The first-order chi connectivity index (χ1) is 12.0. The zero-order chi connectivity index (χ0) is 17.9. The molecule has 25 heavy (non-hydrogen) atoms. The summed E-state index contributed by atoms with van der Waals surface area (Å²) in [5.41, 5.74) is 1.20. The Morgan fingerprint density at radius 2 is 2.04 bits per heavy atom. The highest BCUT2D eigenvalue weighted by atomic mass is 19.4. The smallest absolute Gasteiger partial charge is 0.361 e. The van der Waals surface area contributed by atoms with Gasteiger partial charge in [0, 0.05) is 17.1 Å². The number of aromatic nitrogens is 1. The maximum Gasteiger partial charge on any atom is 0.416 e. The lowest BCUT2D eigenvalue weighted by molar-refractivity contribution is -0.137. The molecule has 0 saturated carbocycles. The molecule has 2 unspecified atom stereocenters. The predicted molar refractivity (Wildman–Crippen MR) is 96.5 cm³/mol. The number of fused-ring (bicyclic) bond motifs is 1. The average molecular weight is 349 g/mol. The van der Waals surface area contributed by atoms with Crippen LogP contribution in [0.5, 0.6) is 0 Å². The van der Waals surface area contributed by atoms with Crippen molar-refractivity contribution < 1.29 is 13.2 Å².